The summed E-state index contributed by atoms with van der Waals surface area (Å²) in [7, 11) is 3.95. The van der Waals surface area contributed by atoms with Gasteiger partial charge >= 0.3 is 0 Å². The van der Waals surface area contributed by atoms with Crippen molar-refractivity contribution in [2.24, 2.45) is 0 Å². The fourth-order valence-electron chi connectivity index (χ4n) is 2.66. The molecule has 0 fully saturated rings. The van der Waals surface area contributed by atoms with E-state index in [4.69, 9.17) is 0 Å². The molecule has 1 amide bonds. The first-order chi connectivity index (χ1) is 12.5. The summed E-state index contributed by atoms with van der Waals surface area (Å²) in [5.41, 5.74) is 1.86. The lowest BCUT2D eigenvalue weighted by Crippen LogP contribution is -2.36. The van der Waals surface area contributed by atoms with Gasteiger partial charge in [0.05, 0.1) is 10.2 Å². The molecule has 0 saturated heterocycles. The van der Waals surface area contributed by atoms with Gasteiger partial charge in [-0.1, -0.05) is 41.7 Å². The molecule has 26 heavy (non-hydrogen) atoms. The van der Waals surface area contributed by atoms with Gasteiger partial charge in [0.15, 0.2) is 5.13 Å². The highest BCUT2D eigenvalue weighted by Gasteiger charge is 2.20. The number of aromatic nitrogens is 1. The minimum atomic E-state index is -0.289. The number of benzene rings is 2. The molecule has 3 aromatic rings. The van der Waals surface area contributed by atoms with Gasteiger partial charge in [0.2, 0.25) is 5.91 Å². The van der Waals surface area contributed by atoms with Crippen LogP contribution in [0.1, 0.15) is 12.0 Å². The fraction of sp³-hybridized carbons (Fsp3) is 0.300. The van der Waals surface area contributed by atoms with E-state index in [0.29, 0.717) is 24.5 Å². The molecule has 136 valence electrons. The average molecular weight is 371 g/mol. The lowest BCUT2D eigenvalue weighted by molar-refractivity contribution is -0.118. The predicted molar refractivity (Wildman–Crippen MR) is 105 cm³/mol. The third kappa shape index (κ3) is 4.65. The van der Waals surface area contributed by atoms with E-state index in [9.17, 15) is 9.18 Å². The predicted octanol–water partition coefficient (Wildman–Crippen LogP) is 3.96. The highest BCUT2D eigenvalue weighted by atomic mass is 32.1. The highest BCUT2D eigenvalue weighted by Crippen LogP contribution is 2.29. The number of fused-ring (bicyclic) bond motifs is 1. The summed E-state index contributed by atoms with van der Waals surface area (Å²) in [6.07, 6.45) is 1.11. The van der Waals surface area contributed by atoms with E-state index in [1.165, 1.54) is 23.5 Å². The van der Waals surface area contributed by atoms with E-state index >= 15 is 0 Å². The van der Waals surface area contributed by atoms with Crippen LogP contribution in [0.5, 0.6) is 0 Å². The zero-order valence-electron chi connectivity index (χ0n) is 15.0. The number of rotatable bonds is 7. The molecule has 0 aliphatic rings. The van der Waals surface area contributed by atoms with Crippen LogP contribution < -0.4 is 4.90 Å². The molecule has 2 aromatic carbocycles. The third-order valence-electron chi connectivity index (χ3n) is 4.11. The second kappa shape index (κ2) is 8.38. The summed E-state index contributed by atoms with van der Waals surface area (Å²) in [5, 5.41) is 0.630. The molecule has 0 spiro atoms. The first-order valence-electron chi connectivity index (χ1n) is 8.58. The van der Waals surface area contributed by atoms with Crippen molar-refractivity contribution in [2.75, 3.05) is 32.1 Å². The Morgan fingerprint density at radius 2 is 1.88 bits per heavy atom. The van der Waals surface area contributed by atoms with Gasteiger partial charge in [-0.3, -0.25) is 9.69 Å². The molecule has 0 aliphatic heterocycles. The number of nitrogens with zero attached hydrogens (tertiary/aromatic N) is 3. The van der Waals surface area contributed by atoms with Crippen LogP contribution >= 0.6 is 11.3 Å². The summed E-state index contributed by atoms with van der Waals surface area (Å²) >= 11 is 1.36. The maximum Gasteiger partial charge on any atom is 0.229 e. The van der Waals surface area contributed by atoms with Gasteiger partial charge in [0, 0.05) is 19.5 Å². The summed E-state index contributed by atoms with van der Waals surface area (Å²) in [6.45, 7) is 1.30. The maximum atomic E-state index is 13.5. The molecule has 0 bridgehead atoms. The van der Waals surface area contributed by atoms with Crippen molar-refractivity contribution in [3.63, 3.8) is 0 Å². The lowest BCUT2D eigenvalue weighted by atomic mass is 10.1. The Balaban J connectivity index is 1.79. The number of carbonyl (C=O) groups excluding carboxylic acids is 1. The van der Waals surface area contributed by atoms with Gasteiger partial charge in [0.1, 0.15) is 5.82 Å². The molecule has 0 saturated carbocycles. The number of likely N-dealkylation sites (N-methyl/N-ethyl adjacent to an activating group) is 1. The molecule has 1 heterocycles. The number of aryl methyl sites for hydroxylation is 1. The number of thiazole rings is 1. The maximum absolute atomic E-state index is 13.5. The van der Waals surface area contributed by atoms with Crippen LogP contribution in [-0.4, -0.2) is 43.0 Å². The second-order valence-electron chi connectivity index (χ2n) is 6.44. The van der Waals surface area contributed by atoms with Crippen molar-refractivity contribution in [3.8, 4) is 0 Å². The Labute approximate surface area is 156 Å². The number of amides is 1. The lowest BCUT2D eigenvalue weighted by Gasteiger charge is -2.22. The van der Waals surface area contributed by atoms with Crippen LogP contribution in [0.25, 0.3) is 10.2 Å². The molecule has 3 rings (SSSR count). The van der Waals surface area contributed by atoms with Crippen LogP contribution in [0.15, 0.2) is 48.5 Å². The first-order valence-corrected chi connectivity index (χ1v) is 9.39. The van der Waals surface area contributed by atoms with E-state index < -0.39 is 0 Å². The molecule has 6 heteroatoms. The smallest absolute Gasteiger partial charge is 0.229 e. The van der Waals surface area contributed by atoms with Crippen molar-refractivity contribution < 1.29 is 9.18 Å². The number of anilines is 1. The van der Waals surface area contributed by atoms with Gasteiger partial charge in [-0.15, -0.1) is 0 Å². The quantitative estimate of drug-likeness (QED) is 0.631. The standard InChI is InChI=1S/C20H22FN3OS/c1-23(2)12-13-24(19(25)11-8-15-6-4-3-5-7-15)20-22-17-10-9-16(21)14-18(17)26-20/h3-7,9-10,14H,8,11-13H2,1-2H3. The van der Waals surface area contributed by atoms with Gasteiger partial charge in [-0.25, -0.2) is 9.37 Å². The van der Waals surface area contributed by atoms with E-state index in [2.05, 4.69) is 4.98 Å². The highest BCUT2D eigenvalue weighted by molar-refractivity contribution is 7.22. The number of hydrogen-bond donors (Lipinski definition) is 0. The molecule has 0 unspecified atom stereocenters. The van der Waals surface area contributed by atoms with Crippen LogP contribution in [-0.2, 0) is 11.2 Å². The molecule has 0 radical (unpaired) electrons. The SMILES string of the molecule is CN(C)CCN(C(=O)CCc1ccccc1)c1nc2ccc(F)cc2s1. The largest absolute Gasteiger partial charge is 0.308 e. The van der Waals surface area contributed by atoms with Crippen LogP contribution in [0.4, 0.5) is 9.52 Å². The van der Waals surface area contributed by atoms with Crippen molar-refractivity contribution in [3.05, 3.63) is 59.9 Å². The van der Waals surface area contributed by atoms with E-state index in [1.807, 2.05) is 49.3 Å². The second-order valence-corrected chi connectivity index (χ2v) is 7.45. The number of carbonyl (C=O) groups is 1. The Morgan fingerprint density at radius 3 is 2.62 bits per heavy atom. The number of halogens is 1. The summed E-state index contributed by atoms with van der Waals surface area (Å²) in [6, 6.07) is 14.5. The monoisotopic (exact) mass is 371 g/mol. The van der Waals surface area contributed by atoms with Crippen LogP contribution in [0.3, 0.4) is 0 Å². The minimum absolute atomic E-state index is 0.0373. The normalized spacial score (nSPS) is 11.2. The van der Waals surface area contributed by atoms with Gasteiger partial charge in [-0.2, -0.15) is 0 Å². The zero-order chi connectivity index (χ0) is 18.5. The van der Waals surface area contributed by atoms with Crippen molar-refractivity contribution >= 4 is 32.6 Å². The van der Waals surface area contributed by atoms with Gasteiger partial charge in [0.25, 0.3) is 0 Å². The third-order valence-corrected chi connectivity index (χ3v) is 5.15. The van der Waals surface area contributed by atoms with Gasteiger partial charge < -0.3 is 4.90 Å². The fourth-order valence-corrected chi connectivity index (χ4v) is 3.69. The minimum Gasteiger partial charge on any atom is -0.308 e. The van der Waals surface area contributed by atoms with Crippen molar-refractivity contribution in [2.45, 2.75) is 12.8 Å². The van der Waals surface area contributed by atoms with E-state index in [1.54, 1.807) is 11.0 Å². The summed E-state index contributed by atoms with van der Waals surface area (Å²) in [4.78, 5) is 21.2. The Morgan fingerprint density at radius 1 is 1.12 bits per heavy atom. The molecule has 1 aromatic heterocycles. The Kier molecular flexibility index (Phi) is 5.96. The zero-order valence-corrected chi connectivity index (χ0v) is 15.8. The topological polar surface area (TPSA) is 36.4 Å². The summed E-state index contributed by atoms with van der Waals surface area (Å²) in [5.74, 6) is -0.252. The Hall–Kier alpha value is -2.31. The molecular weight excluding hydrogens is 349 g/mol. The summed E-state index contributed by atoms with van der Waals surface area (Å²) < 4.78 is 14.2. The van der Waals surface area contributed by atoms with Crippen molar-refractivity contribution in [1.29, 1.82) is 0 Å². The van der Waals surface area contributed by atoms with Crippen LogP contribution in [0.2, 0.25) is 0 Å². The Bertz CT molecular complexity index is 879. The van der Waals surface area contributed by atoms with E-state index in [-0.39, 0.29) is 11.7 Å². The van der Waals surface area contributed by atoms with Gasteiger partial charge in [-0.05, 0) is 44.3 Å². The number of hydrogen-bond acceptors (Lipinski definition) is 4. The molecule has 0 aliphatic carbocycles. The van der Waals surface area contributed by atoms with E-state index in [0.717, 1.165) is 22.3 Å². The first kappa shape index (κ1) is 18.5. The van der Waals surface area contributed by atoms with Crippen molar-refractivity contribution in [1.82, 2.24) is 9.88 Å². The molecular formula is C20H22FN3OS. The molecule has 4 nitrogen and oxygen atoms in total. The average Bonchev–Trinajstić information content (AvgIpc) is 3.03. The molecule has 0 atom stereocenters. The van der Waals surface area contributed by atoms with Crippen LogP contribution in [0, 0.1) is 5.82 Å². The molecule has 0 N–H and O–H groups in total.